The molecule has 186 valence electrons. The SMILES string of the molecule is O=C(Cn1c2c(sc1=O)C(c1cccs1)C1C(=O)N(c3ccc(F)cc3)C(=O)C1S2)N1CCOCC1. The van der Waals surface area contributed by atoms with Gasteiger partial charge in [0.15, 0.2) is 0 Å². The normalized spacial score (nSPS) is 23.6. The predicted octanol–water partition coefficient (Wildman–Crippen LogP) is 2.77. The van der Waals surface area contributed by atoms with E-state index in [2.05, 4.69) is 0 Å². The number of imide groups is 1. The molecular weight excluding hydrogens is 525 g/mol. The zero-order chi connectivity index (χ0) is 25.0. The van der Waals surface area contributed by atoms with E-state index < -0.39 is 28.8 Å². The Kier molecular flexibility index (Phi) is 6.06. The van der Waals surface area contributed by atoms with Crippen molar-refractivity contribution in [2.24, 2.45) is 5.92 Å². The van der Waals surface area contributed by atoms with Crippen molar-refractivity contribution in [3.63, 3.8) is 0 Å². The summed E-state index contributed by atoms with van der Waals surface area (Å²) in [7, 11) is 0. The van der Waals surface area contributed by atoms with Gasteiger partial charge in [-0.3, -0.25) is 23.7 Å². The van der Waals surface area contributed by atoms with Crippen molar-refractivity contribution in [3.8, 4) is 0 Å². The predicted molar refractivity (Wildman–Crippen MR) is 134 cm³/mol. The summed E-state index contributed by atoms with van der Waals surface area (Å²) in [5, 5.41) is 1.70. The van der Waals surface area contributed by atoms with Crippen LogP contribution >= 0.6 is 34.4 Å². The van der Waals surface area contributed by atoms with E-state index in [0.717, 1.165) is 21.1 Å². The van der Waals surface area contributed by atoms with E-state index in [-0.39, 0.29) is 23.2 Å². The van der Waals surface area contributed by atoms with Gasteiger partial charge in [0.2, 0.25) is 17.7 Å². The monoisotopic (exact) mass is 545 g/mol. The number of fused-ring (bicyclic) bond motifs is 2. The molecule has 5 heterocycles. The number of anilines is 1. The second-order valence-electron chi connectivity index (χ2n) is 8.66. The third kappa shape index (κ3) is 3.83. The summed E-state index contributed by atoms with van der Waals surface area (Å²) in [6, 6.07) is 9.04. The molecular formula is C24H20FN3O5S3. The van der Waals surface area contributed by atoms with Crippen LogP contribution in [0.3, 0.4) is 0 Å². The first-order chi connectivity index (χ1) is 17.4. The van der Waals surface area contributed by atoms with E-state index in [4.69, 9.17) is 4.74 Å². The van der Waals surface area contributed by atoms with E-state index in [1.807, 2.05) is 17.5 Å². The second kappa shape index (κ2) is 9.25. The lowest BCUT2D eigenvalue weighted by atomic mass is 9.87. The van der Waals surface area contributed by atoms with Gasteiger partial charge in [-0.1, -0.05) is 29.2 Å². The highest BCUT2D eigenvalue weighted by molar-refractivity contribution is 8.00. The van der Waals surface area contributed by atoms with Crippen LogP contribution in [-0.4, -0.2) is 58.7 Å². The average Bonchev–Trinajstić information content (AvgIpc) is 3.58. The summed E-state index contributed by atoms with van der Waals surface area (Å²) in [4.78, 5) is 57.4. The number of thiophene rings is 1. The molecule has 2 fully saturated rings. The first-order valence-corrected chi connectivity index (χ1v) is 13.9. The molecule has 3 aliphatic heterocycles. The quantitative estimate of drug-likeness (QED) is 0.469. The maximum Gasteiger partial charge on any atom is 0.308 e. The Morgan fingerprint density at radius 3 is 2.50 bits per heavy atom. The maximum absolute atomic E-state index is 13.7. The molecule has 0 saturated carbocycles. The lowest BCUT2D eigenvalue weighted by Gasteiger charge is -2.30. The van der Waals surface area contributed by atoms with Crippen LogP contribution in [0, 0.1) is 11.7 Å². The Hall–Kier alpha value is -2.80. The molecule has 3 atom stereocenters. The van der Waals surface area contributed by atoms with Crippen LogP contribution in [0.1, 0.15) is 15.7 Å². The number of halogens is 1. The molecule has 6 rings (SSSR count). The van der Waals surface area contributed by atoms with Gasteiger partial charge in [-0.25, -0.2) is 9.29 Å². The molecule has 8 nitrogen and oxygen atoms in total. The number of aromatic nitrogens is 1. The van der Waals surface area contributed by atoms with Crippen molar-refractivity contribution in [1.29, 1.82) is 0 Å². The number of rotatable bonds is 4. The topological polar surface area (TPSA) is 88.9 Å². The Labute approximate surface area is 217 Å². The number of nitrogens with zero attached hydrogens (tertiary/aromatic N) is 3. The maximum atomic E-state index is 13.7. The van der Waals surface area contributed by atoms with Crippen molar-refractivity contribution in [3.05, 3.63) is 67.0 Å². The minimum atomic E-state index is -0.763. The van der Waals surface area contributed by atoms with Crippen LogP contribution in [-0.2, 0) is 25.7 Å². The third-order valence-corrected chi connectivity index (χ3v) is 10.2. The molecule has 0 bridgehead atoms. The van der Waals surface area contributed by atoms with Crippen LogP contribution in [0.25, 0.3) is 0 Å². The van der Waals surface area contributed by atoms with Gasteiger partial charge in [-0.05, 0) is 35.7 Å². The lowest BCUT2D eigenvalue weighted by molar-refractivity contribution is -0.136. The number of thiazole rings is 1. The Morgan fingerprint density at radius 1 is 1.06 bits per heavy atom. The number of benzene rings is 1. The molecule has 0 radical (unpaired) electrons. The van der Waals surface area contributed by atoms with Crippen molar-refractivity contribution in [1.82, 2.24) is 9.47 Å². The van der Waals surface area contributed by atoms with Crippen LogP contribution in [0.5, 0.6) is 0 Å². The van der Waals surface area contributed by atoms with Gasteiger partial charge in [0.25, 0.3) is 0 Å². The molecule has 2 aromatic heterocycles. The van der Waals surface area contributed by atoms with Crippen molar-refractivity contribution in [2.45, 2.75) is 22.7 Å². The summed E-state index contributed by atoms with van der Waals surface area (Å²) >= 11 is 3.67. The molecule has 0 aliphatic carbocycles. The van der Waals surface area contributed by atoms with E-state index in [0.29, 0.717) is 41.9 Å². The molecule has 12 heteroatoms. The highest BCUT2D eigenvalue weighted by atomic mass is 32.2. The number of amides is 3. The standard InChI is InChI=1S/C24H20FN3O5S3/c25-13-3-5-14(6-4-13)28-21(30)18-17(15-2-1-11-34-15)20-23(35-19(18)22(28)31)27(24(32)36-20)12-16(29)26-7-9-33-10-8-26/h1-6,11,17-19H,7-10,12H2. The molecule has 36 heavy (non-hydrogen) atoms. The van der Waals surface area contributed by atoms with Gasteiger partial charge in [-0.2, -0.15) is 0 Å². The molecule has 2 saturated heterocycles. The number of hydrogen-bond acceptors (Lipinski definition) is 8. The number of carbonyl (C=O) groups is 3. The summed E-state index contributed by atoms with van der Waals surface area (Å²) in [5.74, 6) is -2.61. The number of carbonyl (C=O) groups excluding carboxylic acids is 3. The van der Waals surface area contributed by atoms with Crippen molar-refractivity contribution in [2.75, 3.05) is 31.2 Å². The molecule has 3 aromatic rings. The van der Waals surface area contributed by atoms with E-state index >= 15 is 0 Å². The fraction of sp³-hybridized carbons (Fsp3) is 0.333. The summed E-state index contributed by atoms with van der Waals surface area (Å²) < 4.78 is 20.3. The number of morpholine rings is 1. The number of hydrogen-bond donors (Lipinski definition) is 0. The largest absolute Gasteiger partial charge is 0.378 e. The second-order valence-corrected chi connectivity index (χ2v) is 11.8. The van der Waals surface area contributed by atoms with E-state index in [1.165, 1.54) is 51.9 Å². The van der Waals surface area contributed by atoms with E-state index in [9.17, 15) is 23.6 Å². The summed E-state index contributed by atoms with van der Waals surface area (Å²) in [6.45, 7) is 1.72. The highest BCUT2D eigenvalue weighted by Crippen LogP contribution is 2.54. The summed E-state index contributed by atoms with van der Waals surface area (Å²) in [6.07, 6.45) is 0. The zero-order valence-electron chi connectivity index (χ0n) is 18.8. The highest BCUT2D eigenvalue weighted by Gasteiger charge is 2.57. The molecule has 0 N–H and O–H groups in total. The number of ether oxygens (including phenoxy) is 1. The van der Waals surface area contributed by atoms with E-state index in [1.54, 1.807) is 4.90 Å². The lowest BCUT2D eigenvalue weighted by Crippen LogP contribution is -2.43. The van der Waals surface area contributed by atoms with Crippen LogP contribution < -0.4 is 9.77 Å². The smallest absolute Gasteiger partial charge is 0.308 e. The van der Waals surface area contributed by atoms with Crippen LogP contribution in [0.2, 0.25) is 0 Å². The third-order valence-electron chi connectivity index (χ3n) is 6.64. The van der Waals surface area contributed by atoms with Crippen molar-refractivity contribution >= 4 is 57.8 Å². The summed E-state index contributed by atoms with van der Waals surface area (Å²) in [5.41, 5.74) is 0.314. The van der Waals surface area contributed by atoms with Gasteiger partial charge in [0.05, 0.1) is 29.8 Å². The Morgan fingerprint density at radius 2 is 1.81 bits per heavy atom. The molecule has 3 unspecified atom stereocenters. The minimum Gasteiger partial charge on any atom is -0.378 e. The number of thioether (sulfide) groups is 1. The van der Waals surface area contributed by atoms with Crippen LogP contribution in [0.4, 0.5) is 10.1 Å². The Bertz CT molecular complexity index is 1400. The van der Waals surface area contributed by atoms with Gasteiger partial charge in [0, 0.05) is 28.8 Å². The van der Waals surface area contributed by atoms with Crippen LogP contribution in [0.15, 0.2) is 51.6 Å². The Balaban J connectivity index is 1.41. The van der Waals surface area contributed by atoms with Gasteiger partial charge < -0.3 is 9.64 Å². The fourth-order valence-electron chi connectivity index (χ4n) is 4.92. The molecule has 1 aromatic carbocycles. The first kappa shape index (κ1) is 23.6. The molecule has 3 amide bonds. The van der Waals surface area contributed by atoms with Gasteiger partial charge in [-0.15, -0.1) is 11.3 Å². The minimum absolute atomic E-state index is 0.129. The first-order valence-electron chi connectivity index (χ1n) is 11.4. The average molecular weight is 546 g/mol. The van der Waals surface area contributed by atoms with Gasteiger partial charge >= 0.3 is 4.87 Å². The van der Waals surface area contributed by atoms with Crippen molar-refractivity contribution < 1.29 is 23.5 Å². The molecule has 3 aliphatic rings. The van der Waals surface area contributed by atoms with Gasteiger partial charge in [0.1, 0.15) is 17.6 Å². The fourth-order valence-corrected chi connectivity index (χ4v) is 8.64. The molecule has 0 spiro atoms. The zero-order valence-corrected chi connectivity index (χ0v) is 21.2.